The van der Waals surface area contributed by atoms with Gasteiger partial charge in [-0.05, 0) is 73.7 Å². The zero-order valence-corrected chi connectivity index (χ0v) is 18.0. The Morgan fingerprint density at radius 2 is 1.94 bits per heavy atom. The topological polar surface area (TPSA) is 64.4 Å². The Labute approximate surface area is 186 Å². The second-order valence-electron chi connectivity index (χ2n) is 7.70. The van der Waals surface area contributed by atoms with Crippen molar-refractivity contribution in [3.63, 3.8) is 0 Å². The lowest BCUT2D eigenvalue weighted by atomic mass is 10.2. The number of aliphatic hydroxyl groups excluding tert-OH is 1. The third-order valence-electron chi connectivity index (χ3n) is 5.22. The lowest BCUT2D eigenvalue weighted by molar-refractivity contribution is -0.137. The van der Waals surface area contributed by atoms with Crippen LogP contribution in [0.4, 0.5) is 13.2 Å². The molecule has 2 aromatic carbocycles. The van der Waals surface area contributed by atoms with Crippen LogP contribution < -0.4 is 10.3 Å². The van der Waals surface area contributed by atoms with Gasteiger partial charge in [0.05, 0.1) is 11.7 Å². The van der Waals surface area contributed by atoms with E-state index in [2.05, 4.69) is 4.98 Å². The third kappa shape index (κ3) is 5.16. The maximum absolute atomic E-state index is 12.9. The van der Waals surface area contributed by atoms with E-state index in [9.17, 15) is 23.1 Å². The van der Waals surface area contributed by atoms with E-state index in [1.54, 1.807) is 18.2 Å². The Balaban J connectivity index is 1.51. The molecule has 0 radical (unpaired) electrons. The highest BCUT2D eigenvalue weighted by Gasteiger charge is 2.30. The number of alkyl halides is 3. The van der Waals surface area contributed by atoms with E-state index in [1.165, 1.54) is 29.1 Å². The standard InChI is InChI=1S/C23H21F3N2O3S/c1-14-12-17(6-9-20(14)31-13-19(29)15-2-3-15)28-11-10-27-21(22(28)30)32-18-7-4-16(5-8-18)23(24,25)26/h4-12,15,19,29H,2-3,13H2,1H3. The van der Waals surface area contributed by atoms with Crippen LogP contribution in [0, 0.1) is 12.8 Å². The molecule has 1 saturated carbocycles. The number of rotatable bonds is 7. The quantitative estimate of drug-likeness (QED) is 0.543. The van der Waals surface area contributed by atoms with Gasteiger partial charge in [-0.3, -0.25) is 9.36 Å². The average molecular weight is 462 g/mol. The van der Waals surface area contributed by atoms with Gasteiger partial charge in [0.2, 0.25) is 0 Å². The second-order valence-corrected chi connectivity index (χ2v) is 8.76. The summed E-state index contributed by atoms with van der Waals surface area (Å²) in [6, 6.07) is 9.88. The van der Waals surface area contributed by atoms with Gasteiger partial charge in [-0.25, -0.2) is 4.98 Å². The first-order chi connectivity index (χ1) is 15.2. The molecule has 0 saturated heterocycles. The zero-order valence-electron chi connectivity index (χ0n) is 17.2. The summed E-state index contributed by atoms with van der Waals surface area (Å²) < 4.78 is 45.4. The SMILES string of the molecule is Cc1cc(-n2ccnc(Sc3ccc(C(F)(F)F)cc3)c2=O)ccc1OCC(O)C1CC1. The van der Waals surface area contributed by atoms with Crippen molar-refractivity contribution >= 4 is 11.8 Å². The van der Waals surface area contributed by atoms with E-state index in [0.717, 1.165) is 42.3 Å². The summed E-state index contributed by atoms with van der Waals surface area (Å²) in [6.45, 7) is 2.08. The summed E-state index contributed by atoms with van der Waals surface area (Å²) in [7, 11) is 0. The highest BCUT2D eigenvalue weighted by atomic mass is 32.2. The smallest absolute Gasteiger partial charge is 0.416 e. The lowest BCUT2D eigenvalue weighted by Gasteiger charge is -2.15. The Hall–Kier alpha value is -2.78. The number of aromatic nitrogens is 2. The fourth-order valence-electron chi connectivity index (χ4n) is 3.23. The number of hydrogen-bond acceptors (Lipinski definition) is 5. The molecule has 0 spiro atoms. The Kier molecular flexibility index (Phi) is 6.30. The molecule has 0 aliphatic heterocycles. The number of nitrogens with zero attached hydrogens (tertiary/aromatic N) is 2. The lowest BCUT2D eigenvalue weighted by Crippen LogP contribution is -2.21. The molecule has 0 bridgehead atoms. The van der Waals surface area contributed by atoms with Crippen LogP contribution in [0.3, 0.4) is 0 Å². The molecule has 1 aliphatic carbocycles. The largest absolute Gasteiger partial charge is 0.491 e. The Bertz CT molecular complexity index is 1160. The molecule has 1 fully saturated rings. The molecule has 1 unspecified atom stereocenters. The van der Waals surface area contributed by atoms with Crippen molar-refractivity contribution in [1.29, 1.82) is 0 Å². The van der Waals surface area contributed by atoms with E-state index < -0.39 is 17.8 Å². The Morgan fingerprint density at radius 3 is 2.56 bits per heavy atom. The molecule has 9 heteroatoms. The van der Waals surface area contributed by atoms with Crippen LogP contribution in [0.1, 0.15) is 24.0 Å². The van der Waals surface area contributed by atoms with Crippen LogP contribution in [0.5, 0.6) is 5.75 Å². The van der Waals surface area contributed by atoms with Gasteiger partial charge in [-0.1, -0.05) is 11.8 Å². The van der Waals surface area contributed by atoms with Crippen molar-refractivity contribution in [2.45, 2.75) is 42.0 Å². The van der Waals surface area contributed by atoms with E-state index in [1.807, 2.05) is 6.92 Å². The molecule has 1 aromatic heterocycles. The molecule has 1 heterocycles. The van der Waals surface area contributed by atoms with Crippen molar-refractivity contribution in [1.82, 2.24) is 9.55 Å². The van der Waals surface area contributed by atoms with Crippen molar-refractivity contribution in [2.75, 3.05) is 6.61 Å². The van der Waals surface area contributed by atoms with E-state index in [4.69, 9.17) is 4.74 Å². The fourth-order valence-corrected chi connectivity index (χ4v) is 4.02. The first kappa shape index (κ1) is 22.4. The molecule has 1 N–H and O–H groups in total. The van der Waals surface area contributed by atoms with Gasteiger partial charge >= 0.3 is 6.18 Å². The van der Waals surface area contributed by atoms with Crippen molar-refractivity contribution in [3.05, 3.63) is 76.3 Å². The number of hydrogen-bond donors (Lipinski definition) is 1. The molecule has 1 aliphatic rings. The maximum atomic E-state index is 12.9. The number of benzene rings is 2. The zero-order chi connectivity index (χ0) is 22.9. The highest BCUT2D eigenvalue weighted by molar-refractivity contribution is 7.99. The van der Waals surface area contributed by atoms with Gasteiger partial charge in [0, 0.05) is 23.0 Å². The van der Waals surface area contributed by atoms with Crippen LogP contribution in [0.2, 0.25) is 0 Å². The van der Waals surface area contributed by atoms with Gasteiger partial charge in [-0.15, -0.1) is 0 Å². The predicted molar refractivity (Wildman–Crippen MR) is 114 cm³/mol. The number of aryl methyl sites for hydroxylation is 1. The first-order valence-electron chi connectivity index (χ1n) is 10.1. The number of halogens is 3. The van der Waals surface area contributed by atoms with Gasteiger partial charge in [0.15, 0.2) is 5.03 Å². The summed E-state index contributed by atoms with van der Waals surface area (Å²) in [5.41, 5.74) is 0.294. The average Bonchev–Trinajstić information content (AvgIpc) is 3.59. The van der Waals surface area contributed by atoms with Gasteiger partial charge < -0.3 is 9.84 Å². The summed E-state index contributed by atoms with van der Waals surface area (Å²) in [5.74, 6) is 0.959. The second kappa shape index (κ2) is 8.99. The first-order valence-corrected chi connectivity index (χ1v) is 10.9. The third-order valence-corrected chi connectivity index (χ3v) is 6.20. The molecular weight excluding hydrogens is 441 g/mol. The summed E-state index contributed by atoms with van der Waals surface area (Å²) >= 11 is 1.01. The van der Waals surface area contributed by atoms with Crippen LogP contribution in [-0.2, 0) is 6.18 Å². The predicted octanol–water partition coefficient (Wildman–Crippen LogP) is 4.86. The van der Waals surface area contributed by atoms with E-state index >= 15 is 0 Å². The molecular formula is C23H21F3N2O3S. The minimum atomic E-state index is -4.41. The minimum absolute atomic E-state index is 0.151. The van der Waals surface area contributed by atoms with Gasteiger partial charge in [-0.2, -0.15) is 13.2 Å². The van der Waals surface area contributed by atoms with Crippen LogP contribution in [0.25, 0.3) is 5.69 Å². The van der Waals surface area contributed by atoms with Crippen molar-refractivity contribution in [3.8, 4) is 11.4 Å². The molecule has 0 amide bonds. The highest BCUT2D eigenvalue weighted by Crippen LogP contribution is 2.33. The molecule has 1 atom stereocenters. The molecule has 5 nitrogen and oxygen atoms in total. The van der Waals surface area contributed by atoms with Crippen LogP contribution in [-0.4, -0.2) is 27.4 Å². The van der Waals surface area contributed by atoms with E-state index in [0.29, 0.717) is 22.3 Å². The Morgan fingerprint density at radius 1 is 1.22 bits per heavy atom. The van der Waals surface area contributed by atoms with E-state index in [-0.39, 0.29) is 17.2 Å². The number of aliphatic hydroxyl groups is 1. The van der Waals surface area contributed by atoms with Gasteiger partial charge in [0.1, 0.15) is 12.4 Å². The monoisotopic (exact) mass is 462 g/mol. The molecule has 3 aromatic rings. The van der Waals surface area contributed by atoms with Crippen LogP contribution in [0.15, 0.2) is 69.6 Å². The number of ether oxygens (including phenoxy) is 1. The molecule has 4 rings (SSSR count). The van der Waals surface area contributed by atoms with Gasteiger partial charge in [0.25, 0.3) is 5.56 Å². The minimum Gasteiger partial charge on any atom is -0.491 e. The molecule has 168 valence electrons. The van der Waals surface area contributed by atoms with Crippen LogP contribution >= 0.6 is 11.8 Å². The van der Waals surface area contributed by atoms with Crippen molar-refractivity contribution < 1.29 is 23.0 Å². The molecule has 32 heavy (non-hydrogen) atoms. The maximum Gasteiger partial charge on any atom is 0.416 e. The normalized spacial score (nSPS) is 14.9. The summed E-state index contributed by atoms with van der Waals surface area (Å²) in [6.07, 6.45) is 0.178. The summed E-state index contributed by atoms with van der Waals surface area (Å²) in [5, 5.41) is 10.1. The van der Waals surface area contributed by atoms with Crippen molar-refractivity contribution in [2.24, 2.45) is 5.92 Å². The fraction of sp³-hybridized carbons (Fsp3) is 0.304. The summed E-state index contributed by atoms with van der Waals surface area (Å²) in [4.78, 5) is 17.5.